The van der Waals surface area contributed by atoms with Crippen LogP contribution in [0.15, 0.2) is 36.9 Å². The first kappa shape index (κ1) is 18.4. The Hall–Kier alpha value is -2.41. The van der Waals surface area contributed by atoms with E-state index < -0.39 is 0 Å². The van der Waals surface area contributed by atoms with E-state index in [1.807, 2.05) is 38.2 Å². The number of methoxy groups -OCH3 is 1. The van der Waals surface area contributed by atoms with Crippen molar-refractivity contribution >= 4 is 39.9 Å². The van der Waals surface area contributed by atoms with Crippen LogP contribution in [0.25, 0.3) is 16.7 Å². The number of rotatable bonds is 4. The van der Waals surface area contributed by atoms with E-state index in [4.69, 9.17) is 27.9 Å². The summed E-state index contributed by atoms with van der Waals surface area (Å²) < 4.78 is 7.29. The van der Waals surface area contributed by atoms with Gasteiger partial charge in [-0.25, -0.2) is 0 Å². The average Bonchev–Trinajstić information content (AvgIpc) is 2.94. The van der Waals surface area contributed by atoms with Gasteiger partial charge in [-0.1, -0.05) is 29.8 Å². The summed E-state index contributed by atoms with van der Waals surface area (Å²) in [5.41, 5.74) is 5.35. The fraction of sp³-hybridized carbons (Fsp3) is 0.190. The van der Waals surface area contributed by atoms with Crippen LogP contribution in [-0.2, 0) is 18.2 Å². The van der Waals surface area contributed by atoms with Gasteiger partial charge in [-0.05, 0) is 48.4 Å². The van der Waals surface area contributed by atoms with Crippen molar-refractivity contribution < 1.29 is 4.74 Å². The molecule has 132 valence electrons. The molecule has 0 bridgehead atoms. The number of hydrogen-bond donors (Lipinski definition) is 0. The maximum absolute atomic E-state index is 9.22. The lowest BCUT2D eigenvalue weighted by atomic mass is 10.0. The number of nitriles is 1. The molecule has 0 unspecified atom stereocenters. The molecule has 5 heteroatoms. The SMILES string of the molecule is C=C(OC)c1ccc(Cl)c(Cc2cc3c(C)cc(C#N)cc3n2C)c1Cl. The highest BCUT2D eigenvalue weighted by Crippen LogP contribution is 2.35. The number of aryl methyl sites for hydroxylation is 2. The molecule has 0 aliphatic rings. The minimum atomic E-state index is 0.500. The van der Waals surface area contributed by atoms with Gasteiger partial charge in [0.1, 0.15) is 5.76 Å². The van der Waals surface area contributed by atoms with E-state index in [0.717, 1.165) is 33.3 Å². The summed E-state index contributed by atoms with van der Waals surface area (Å²) in [6, 6.07) is 11.8. The zero-order chi connectivity index (χ0) is 19.0. The summed E-state index contributed by atoms with van der Waals surface area (Å²) in [5.74, 6) is 0.500. The molecular formula is C21H18Cl2N2O. The van der Waals surface area contributed by atoms with Crippen LogP contribution in [0.2, 0.25) is 10.0 Å². The van der Waals surface area contributed by atoms with E-state index >= 15 is 0 Å². The molecule has 1 aromatic heterocycles. The minimum Gasteiger partial charge on any atom is -0.497 e. The molecule has 0 amide bonds. The third kappa shape index (κ3) is 3.07. The average molecular weight is 385 g/mol. The van der Waals surface area contributed by atoms with Gasteiger partial charge in [0.25, 0.3) is 0 Å². The van der Waals surface area contributed by atoms with Gasteiger partial charge in [0, 0.05) is 40.7 Å². The molecule has 3 rings (SSSR count). The molecular weight excluding hydrogens is 367 g/mol. The van der Waals surface area contributed by atoms with Crippen LogP contribution >= 0.6 is 23.2 Å². The van der Waals surface area contributed by atoms with Gasteiger partial charge in [-0.3, -0.25) is 0 Å². The second-order valence-corrected chi connectivity index (χ2v) is 7.01. The Labute approximate surface area is 163 Å². The van der Waals surface area contributed by atoms with E-state index in [9.17, 15) is 5.26 Å². The Morgan fingerprint density at radius 1 is 1.27 bits per heavy atom. The predicted octanol–water partition coefficient (Wildman–Crippen LogP) is 5.87. The zero-order valence-corrected chi connectivity index (χ0v) is 16.4. The predicted molar refractivity (Wildman–Crippen MR) is 108 cm³/mol. The smallest absolute Gasteiger partial charge is 0.120 e. The van der Waals surface area contributed by atoms with Gasteiger partial charge >= 0.3 is 0 Å². The highest BCUT2D eigenvalue weighted by Gasteiger charge is 2.17. The molecule has 2 aromatic carbocycles. The highest BCUT2D eigenvalue weighted by molar-refractivity contribution is 6.37. The van der Waals surface area contributed by atoms with Gasteiger partial charge in [0.15, 0.2) is 0 Å². The third-order valence-electron chi connectivity index (χ3n) is 4.69. The number of aromatic nitrogens is 1. The molecule has 0 N–H and O–H groups in total. The molecule has 0 spiro atoms. The van der Waals surface area contributed by atoms with Crippen molar-refractivity contribution in [3.05, 3.63) is 74.9 Å². The normalized spacial score (nSPS) is 10.8. The maximum atomic E-state index is 9.22. The quantitative estimate of drug-likeness (QED) is 0.527. The van der Waals surface area contributed by atoms with E-state index in [-0.39, 0.29) is 0 Å². The van der Waals surface area contributed by atoms with Crippen molar-refractivity contribution in [1.82, 2.24) is 4.57 Å². The summed E-state index contributed by atoms with van der Waals surface area (Å²) in [4.78, 5) is 0. The summed E-state index contributed by atoms with van der Waals surface area (Å²) in [7, 11) is 3.55. The maximum Gasteiger partial charge on any atom is 0.120 e. The largest absolute Gasteiger partial charge is 0.497 e. The van der Waals surface area contributed by atoms with E-state index in [0.29, 0.717) is 27.8 Å². The molecule has 0 aliphatic carbocycles. The second kappa shape index (κ2) is 7.07. The first-order chi connectivity index (χ1) is 12.4. The van der Waals surface area contributed by atoms with Crippen LogP contribution in [-0.4, -0.2) is 11.7 Å². The Morgan fingerprint density at radius 2 is 2.00 bits per heavy atom. The summed E-state index contributed by atoms with van der Waals surface area (Å²) in [6.45, 7) is 5.89. The van der Waals surface area contributed by atoms with E-state index in [1.54, 1.807) is 7.11 Å². The van der Waals surface area contributed by atoms with Gasteiger partial charge in [-0.2, -0.15) is 5.26 Å². The number of hydrogen-bond acceptors (Lipinski definition) is 2. The van der Waals surface area contributed by atoms with Crippen LogP contribution in [0, 0.1) is 18.3 Å². The Bertz CT molecular complexity index is 1070. The van der Waals surface area contributed by atoms with Gasteiger partial charge in [0.05, 0.1) is 23.8 Å². The van der Waals surface area contributed by atoms with Gasteiger partial charge in [-0.15, -0.1) is 0 Å². The Balaban J connectivity index is 2.13. The number of ether oxygens (including phenoxy) is 1. The van der Waals surface area contributed by atoms with Crippen LogP contribution in [0.4, 0.5) is 0 Å². The lowest BCUT2D eigenvalue weighted by molar-refractivity contribution is 0.371. The molecule has 3 nitrogen and oxygen atoms in total. The molecule has 0 saturated heterocycles. The van der Waals surface area contributed by atoms with Crippen molar-refractivity contribution in [3.8, 4) is 6.07 Å². The number of halogens is 2. The van der Waals surface area contributed by atoms with Crippen LogP contribution in [0.5, 0.6) is 0 Å². The first-order valence-electron chi connectivity index (χ1n) is 8.06. The lowest BCUT2D eigenvalue weighted by Gasteiger charge is -2.13. The summed E-state index contributed by atoms with van der Waals surface area (Å²) in [5, 5.41) is 11.5. The monoisotopic (exact) mass is 384 g/mol. The number of nitrogens with zero attached hydrogens (tertiary/aromatic N) is 2. The molecule has 0 saturated carbocycles. The molecule has 1 heterocycles. The van der Waals surface area contributed by atoms with Gasteiger partial charge < -0.3 is 9.30 Å². The minimum absolute atomic E-state index is 0.500. The standard InChI is InChI=1S/C21H18Cl2N2O/c1-12-7-14(11-24)8-20-17(12)9-15(25(20)3)10-18-19(22)6-5-16(21(18)23)13(2)26-4/h5-9H,2,10H2,1,3-4H3. The highest BCUT2D eigenvalue weighted by atomic mass is 35.5. The zero-order valence-electron chi connectivity index (χ0n) is 14.9. The fourth-order valence-electron chi connectivity index (χ4n) is 3.16. The third-order valence-corrected chi connectivity index (χ3v) is 5.47. The molecule has 0 fully saturated rings. The fourth-order valence-corrected chi connectivity index (χ4v) is 3.77. The van der Waals surface area contributed by atoms with Gasteiger partial charge in [0.2, 0.25) is 0 Å². The lowest BCUT2D eigenvalue weighted by Crippen LogP contribution is -2.00. The Kier molecular flexibility index (Phi) is 5.00. The second-order valence-electron chi connectivity index (χ2n) is 6.22. The molecule has 0 radical (unpaired) electrons. The van der Waals surface area contributed by atoms with Crippen molar-refractivity contribution in [2.45, 2.75) is 13.3 Å². The van der Waals surface area contributed by atoms with Crippen LogP contribution in [0.1, 0.15) is 27.9 Å². The number of fused-ring (bicyclic) bond motifs is 1. The Morgan fingerprint density at radius 3 is 2.65 bits per heavy atom. The molecule has 0 atom stereocenters. The van der Waals surface area contributed by atoms with Crippen molar-refractivity contribution in [3.63, 3.8) is 0 Å². The topological polar surface area (TPSA) is 37.9 Å². The van der Waals surface area contributed by atoms with Crippen molar-refractivity contribution in [2.75, 3.05) is 7.11 Å². The molecule has 3 aromatic rings. The summed E-state index contributed by atoms with van der Waals surface area (Å²) >= 11 is 13.0. The van der Waals surface area contributed by atoms with E-state index in [2.05, 4.69) is 23.3 Å². The van der Waals surface area contributed by atoms with Crippen molar-refractivity contribution in [1.29, 1.82) is 5.26 Å². The first-order valence-corrected chi connectivity index (χ1v) is 8.82. The van der Waals surface area contributed by atoms with Crippen molar-refractivity contribution in [2.24, 2.45) is 7.05 Å². The number of benzene rings is 2. The molecule has 26 heavy (non-hydrogen) atoms. The van der Waals surface area contributed by atoms with E-state index in [1.165, 1.54) is 0 Å². The van der Waals surface area contributed by atoms with Crippen LogP contribution < -0.4 is 0 Å². The molecule has 0 aliphatic heterocycles. The van der Waals surface area contributed by atoms with Crippen LogP contribution in [0.3, 0.4) is 0 Å². The summed E-state index contributed by atoms with van der Waals surface area (Å²) in [6.07, 6.45) is 0.564.